The molecule has 1 aliphatic rings. The summed E-state index contributed by atoms with van der Waals surface area (Å²) in [5.74, 6) is 1.73. The van der Waals surface area contributed by atoms with Gasteiger partial charge in [0.25, 0.3) is 0 Å². The van der Waals surface area contributed by atoms with E-state index in [9.17, 15) is 4.79 Å². The summed E-state index contributed by atoms with van der Waals surface area (Å²) in [6.45, 7) is 11.0. The lowest BCUT2D eigenvalue weighted by atomic mass is 9.80. The number of fused-ring (bicyclic) bond motifs is 1. The third-order valence-electron chi connectivity index (χ3n) is 5.36. The first kappa shape index (κ1) is 19.6. The van der Waals surface area contributed by atoms with Gasteiger partial charge in [-0.1, -0.05) is 13.8 Å². The average molecular weight is 348 g/mol. The van der Waals surface area contributed by atoms with Crippen molar-refractivity contribution in [1.29, 1.82) is 0 Å². The molecule has 25 heavy (non-hydrogen) atoms. The number of nitrogens with zero attached hydrogens (tertiary/aromatic N) is 1. The Morgan fingerprint density at radius 2 is 1.64 bits per heavy atom. The SMILES string of the molecule is CCOc1cc2c(cc1OCC)CN(C(=O)C(CC)(CC)CN)CC2. The molecule has 140 valence electrons. The van der Waals surface area contributed by atoms with Gasteiger partial charge in [-0.15, -0.1) is 0 Å². The van der Waals surface area contributed by atoms with E-state index in [1.54, 1.807) is 0 Å². The van der Waals surface area contributed by atoms with Gasteiger partial charge in [-0.05, 0) is 56.4 Å². The van der Waals surface area contributed by atoms with Crippen LogP contribution in [0.2, 0.25) is 0 Å². The van der Waals surface area contributed by atoms with Crippen LogP contribution in [0.5, 0.6) is 11.5 Å². The maximum atomic E-state index is 13.1. The van der Waals surface area contributed by atoms with E-state index in [0.29, 0.717) is 26.3 Å². The molecular weight excluding hydrogens is 316 g/mol. The number of amides is 1. The number of rotatable bonds is 8. The average Bonchev–Trinajstić information content (AvgIpc) is 2.64. The number of nitrogens with two attached hydrogens (primary N) is 1. The lowest BCUT2D eigenvalue weighted by Gasteiger charge is -2.38. The number of carbonyl (C=O) groups excluding carboxylic acids is 1. The Labute approximate surface area is 151 Å². The van der Waals surface area contributed by atoms with Crippen molar-refractivity contribution in [1.82, 2.24) is 4.90 Å². The minimum atomic E-state index is -0.439. The minimum absolute atomic E-state index is 0.178. The normalized spacial score (nSPS) is 14.2. The molecule has 2 N–H and O–H groups in total. The molecule has 1 aromatic rings. The van der Waals surface area contributed by atoms with E-state index in [0.717, 1.165) is 42.9 Å². The Kier molecular flexibility index (Phi) is 6.71. The van der Waals surface area contributed by atoms with Gasteiger partial charge in [-0.3, -0.25) is 4.79 Å². The van der Waals surface area contributed by atoms with Crippen LogP contribution in [0.25, 0.3) is 0 Å². The van der Waals surface area contributed by atoms with Crippen molar-refractivity contribution in [2.45, 2.75) is 53.5 Å². The summed E-state index contributed by atoms with van der Waals surface area (Å²) < 4.78 is 11.4. The van der Waals surface area contributed by atoms with Gasteiger partial charge >= 0.3 is 0 Å². The van der Waals surface area contributed by atoms with Crippen molar-refractivity contribution in [3.63, 3.8) is 0 Å². The number of carbonyl (C=O) groups is 1. The topological polar surface area (TPSA) is 64.8 Å². The third-order valence-corrected chi connectivity index (χ3v) is 5.36. The lowest BCUT2D eigenvalue weighted by Crippen LogP contribution is -2.49. The second-order valence-electron chi connectivity index (χ2n) is 6.60. The number of hydrogen-bond acceptors (Lipinski definition) is 4. The standard InChI is InChI=1S/C20H32N2O3/c1-5-20(6-2,14-21)19(23)22-10-9-15-11-17(24-7-3)18(25-8-4)12-16(15)13-22/h11-12H,5-10,13-14,21H2,1-4H3. The number of benzene rings is 1. The molecule has 0 radical (unpaired) electrons. The fourth-order valence-electron chi connectivity index (χ4n) is 3.54. The molecule has 0 aliphatic carbocycles. The summed E-state index contributed by atoms with van der Waals surface area (Å²) in [4.78, 5) is 15.0. The molecule has 0 unspecified atom stereocenters. The van der Waals surface area contributed by atoms with E-state index < -0.39 is 5.41 Å². The molecule has 0 atom stereocenters. The molecule has 0 bridgehead atoms. The van der Waals surface area contributed by atoms with Gasteiger partial charge in [-0.25, -0.2) is 0 Å². The first-order chi connectivity index (χ1) is 12.0. The Balaban J connectivity index is 2.28. The van der Waals surface area contributed by atoms with E-state index in [1.165, 1.54) is 5.56 Å². The smallest absolute Gasteiger partial charge is 0.230 e. The van der Waals surface area contributed by atoms with Crippen LogP contribution in [0.15, 0.2) is 12.1 Å². The van der Waals surface area contributed by atoms with Crippen LogP contribution in [-0.4, -0.2) is 37.1 Å². The van der Waals surface area contributed by atoms with E-state index in [-0.39, 0.29) is 5.91 Å². The van der Waals surface area contributed by atoms with Crippen LogP contribution < -0.4 is 15.2 Å². The Morgan fingerprint density at radius 1 is 1.08 bits per heavy atom. The molecule has 1 heterocycles. The molecule has 1 aromatic carbocycles. The highest BCUT2D eigenvalue weighted by molar-refractivity contribution is 5.83. The summed E-state index contributed by atoms with van der Waals surface area (Å²) in [6, 6.07) is 4.10. The molecule has 5 nitrogen and oxygen atoms in total. The zero-order valence-electron chi connectivity index (χ0n) is 16.1. The molecular formula is C20H32N2O3. The molecule has 0 spiro atoms. The van der Waals surface area contributed by atoms with Crippen LogP contribution in [0.3, 0.4) is 0 Å². The molecule has 0 saturated carbocycles. The van der Waals surface area contributed by atoms with Gasteiger partial charge in [0.2, 0.25) is 5.91 Å². The van der Waals surface area contributed by atoms with E-state index in [4.69, 9.17) is 15.2 Å². The van der Waals surface area contributed by atoms with E-state index in [2.05, 4.69) is 6.07 Å². The zero-order valence-corrected chi connectivity index (χ0v) is 16.1. The predicted molar refractivity (Wildman–Crippen MR) is 100.0 cm³/mol. The van der Waals surface area contributed by atoms with Crippen molar-refractivity contribution in [2.75, 3.05) is 26.3 Å². The first-order valence-electron chi connectivity index (χ1n) is 9.45. The van der Waals surface area contributed by atoms with Gasteiger partial charge in [0.15, 0.2) is 11.5 Å². The second-order valence-corrected chi connectivity index (χ2v) is 6.60. The van der Waals surface area contributed by atoms with Crippen LogP contribution in [-0.2, 0) is 17.8 Å². The predicted octanol–water partition coefficient (Wildman–Crippen LogP) is 3.13. The van der Waals surface area contributed by atoms with E-state index in [1.807, 2.05) is 38.7 Å². The quantitative estimate of drug-likeness (QED) is 0.784. The summed E-state index contributed by atoms with van der Waals surface area (Å²) in [5, 5.41) is 0. The summed E-state index contributed by atoms with van der Waals surface area (Å²) in [7, 11) is 0. The van der Waals surface area contributed by atoms with Gasteiger partial charge < -0.3 is 20.1 Å². The highest BCUT2D eigenvalue weighted by atomic mass is 16.5. The molecule has 5 heteroatoms. The van der Waals surface area contributed by atoms with Crippen molar-refractivity contribution in [2.24, 2.45) is 11.1 Å². The van der Waals surface area contributed by atoms with Crippen LogP contribution in [0.4, 0.5) is 0 Å². The van der Waals surface area contributed by atoms with Crippen LogP contribution in [0, 0.1) is 5.41 Å². The summed E-state index contributed by atoms with van der Waals surface area (Å²) >= 11 is 0. The molecule has 2 rings (SSSR count). The number of hydrogen-bond donors (Lipinski definition) is 1. The summed E-state index contributed by atoms with van der Waals surface area (Å²) in [6.07, 6.45) is 2.38. The number of ether oxygens (including phenoxy) is 2. The molecule has 0 saturated heterocycles. The van der Waals surface area contributed by atoms with Gasteiger partial charge in [0.1, 0.15) is 0 Å². The van der Waals surface area contributed by atoms with Crippen LogP contribution in [0.1, 0.15) is 51.7 Å². The Hall–Kier alpha value is -1.75. The van der Waals surface area contributed by atoms with E-state index >= 15 is 0 Å². The molecule has 1 aliphatic heterocycles. The largest absolute Gasteiger partial charge is 0.490 e. The van der Waals surface area contributed by atoms with Crippen molar-refractivity contribution in [3.05, 3.63) is 23.3 Å². The maximum Gasteiger partial charge on any atom is 0.230 e. The lowest BCUT2D eigenvalue weighted by molar-refractivity contribution is -0.143. The first-order valence-corrected chi connectivity index (χ1v) is 9.45. The summed E-state index contributed by atoms with van der Waals surface area (Å²) in [5.41, 5.74) is 7.91. The fraction of sp³-hybridized carbons (Fsp3) is 0.650. The van der Waals surface area contributed by atoms with Crippen molar-refractivity contribution < 1.29 is 14.3 Å². The van der Waals surface area contributed by atoms with Gasteiger partial charge in [0, 0.05) is 19.6 Å². The van der Waals surface area contributed by atoms with Crippen molar-refractivity contribution >= 4 is 5.91 Å². The maximum absolute atomic E-state index is 13.1. The zero-order chi connectivity index (χ0) is 18.4. The van der Waals surface area contributed by atoms with Gasteiger partial charge in [0.05, 0.1) is 18.6 Å². The third kappa shape index (κ3) is 3.92. The second kappa shape index (κ2) is 8.56. The Morgan fingerprint density at radius 3 is 2.12 bits per heavy atom. The molecule has 0 aromatic heterocycles. The molecule has 1 amide bonds. The monoisotopic (exact) mass is 348 g/mol. The highest BCUT2D eigenvalue weighted by Gasteiger charge is 2.38. The molecule has 0 fully saturated rings. The highest BCUT2D eigenvalue weighted by Crippen LogP contribution is 2.36. The van der Waals surface area contributed by atoms with Crippen LogP contribution >= 0.6 is 0 Å². The minimum Gasteiger partial charge on any atom is -0.490 e. The Bertz CT molecular complexity index is 589. The fourth-order valence-corrected chi connectivity index (χ4v) is 3.54. The van der Waals surface area contributed by atoms with Gasteiger partial charge in [-0.2, -0.15) is 0 Å². The van der Waals surface area contributed by atoms with Crippen molar-refractivity contribution in [3.8, 4) is 11.5 Å².